The number of carbonyl (C=O) groups is 1. The van der Waals surface area contributed by atoms with Gasteiger partial charge in [-0.2, -0.15) is 0 Å². The second-order valence-electron chi connectivity index (χ2n) is 5.54. The number of ether oxygens (including phenoxy) is 3. The standard InChI is InChI=1S/C18H25IO4/c1-7-18(6,23-17(20)12(3)4)14-9-10-16(15(19)11-14)22-13(5)21-8-2/h9-11,13H,3,7-8H2,1-2,4-6H3. The summed E-state index contributed by atoms with van der Waals surface area (Å²) in [6, 6.07) is 5.78. The lowest BCUT2D eigenvalue weighted by atomic mass is 9.93. The van der Waals surface area contributed by atoms with E-state index < -0.39 is 5.60 Å². The zero-order valence-corrected chi connectivity index (χ0v) is 16.6. The van der Waals surface area contributed by atoms with Gasteiger partial charge in [0, 0.05) is 12.2 Å². The molecule has 0 spiro atoms. The van der Waals surface area contributed by atoms with Gasteiger partial charge in [0.05, 0.1) is 3.57 Å². The van der Waals surface area contributed by atoms with E-state index in [2.05, 4.69) is 29.2 Å². The molecule has 1 aromatic carbocycles. The molecule has 0 aromatic heterocycles. The van der Waals surface area contributed by atoms with Gasteiger partial charge in [0.25, 0.3) is 0 Å². The summed E-state index contributed by atoms with van der Waals surface area (Å²) < 4.78 is 17.7. The Morgan fingerprint density at radius 3 is 2.52 bits per heavy atom. The number of hydrogen-bond acceptors (Lipinski definition) is 4. The van der Waals surface area contributed by atoms with Gasteiger partial charge in [0.15, 0.2) is 6.29 Å². The lowest BCUT2D eigenvalue weighted by Gasteiger charge is -2.29. The maximum Gasteiger partial charge on any atom is 0.333 e. The normalized spacial score (nSPS) is 14.7. The highest BCUT2D eigenvalue weighted by atomic mass is 127. The molecule has 23 heavy (non-hydrogen) atoms. The topological polar surface area (TPSA) is 44.8 Å². The minimum absolute atomic E-state index is 0.307. The largest absolute Gasteiger partial charge is 0.464 e. The van der Waals surface area contributed by atoms with E-state index in [1.807, 2.05) is 45.9 Å². The molecule has 0 radical (unpaired) electrons. The molecule has 0 saturated carbocycles. The molecule has 0 N–H and O–H groups in total. The van der Waals surface area contributed by atoms with Crippen LogP contribution in [0.3, 0.4) is 0 Å². The fourth-order valence-electron chi connectivity index (χ4n) is 2.00. The molecule has 4 nitrogen and oxygen atoms in total. The summed E-state index contributed by atoms with van der Waals surface area (Å²) in [5, 5.41) is 0. The Balaban J connectivity index is 3.01. The van der Waals surface area contributed by atoms with Crippen molar-refractivity contribution in [2.75, 3.05) is 6.61 Å². The number of hydrogen-bond donors (Lipinski definition) is 0. The van der Waals surface area contributed by atoms with E-state index in [4.69, 9.17) is 14.2 Å². The maximum atomic E-state index is 11.9. The van der Waals surface area contributed by atoms with Gasteiger partial charge < -0.3 is 14.2 Å². The van der Waals surface area contributed by atoms with E-state index in [-0.39, 0.29) is 12.3 Å². The summed E-state index contributed by atoms with van der Waals surface area (Å²) in [5.41, 5.74) is 0.625. The monoisotopic (exact) mass is 432 g/mol. The van der Waals surface area contributed by atoms with Crippen LogP contribution >= 0.6 is 22.6 Å². The smallest absolute Gasteiger partial charge is 0.333 e. The van der Waals surface area contributed by atoms with Crippen molar-refractivity contribution in [1.29, 1.82) is 0 Å². The third kappa shape index (κ3) is 5.49. The van der Waals surface area contributed by atoms with Crippen LogP contribution in [0.25, 0.3) is 0 Å². The highest BCUT2D eigenvalue weighted by Crippen LogP contribution is 2.34. The van der Waals surface area contributed by atoms with Crippen molar-refractivity contribution in [3.8, 4) is 5.75 Å². The summed E-state index contributed by atoms with van der Waals surface area (Å²) in [4.78, 5) is 11.9. The Kier molecular flexibility index (Phi) is 7.54. The lowest BCUT2D eigenvalue weighted by Crippen LogP contribution is -2.29. The number of carbonyl (C=O) groups excluding carboxylic acids is 1. The van der Waals surface area contributed by atoms with E-state index in [0.717, 1.165) is 14.9 Å². The van der Waals surface area contributed by atoms with Crippen molar-refractivity contribution in [1.82, 2.24) is 0 Å². The molecular formula is C18H25IO4. The van der Waals surface area contributed by atoms with Crippen molar-refractivity contribution in [2.24, 2.45) is 0 Å². The van der Waals surface area contributed by atoms with Crippen molar-refractivity contribution in [2.45, 2.75) is 52.9 Å². The quantitative estimate of drug-likeness (QED) is 0.256. The van der Waals surface area contributed by atoms with E-state index in [0.29, 0.717) is 18.6 Å². The van der Waals surface area contributed by atoms with Crippen LogP contribution in [0.1, 0.15) is 46.6 Å². The molecule has 128 valence electrons. The van der Waals surface area contributed by atoms with Crippen LogP contribution in [0, 0.1) is 3.57 Å². The molecule has 0 aliphatic carbocycles. The van der Waals surface area contributed by atoms with Crippen LogP contribution in [0.2, 0.25) is 0 Å². The first-order valence-electron chi connectivity index (χ1n) is 7.70. The van der Waals surface area contributed by atoms with Gasteiger partial charge in [-0.1, -0.05) is 19.6 Å². The summed E-state index contributed by atoms with van der Waals surface area (Å²) in [6.07, 6.45) is 0.357. The summed E-state index contributed by atoms with van der Waals surface area (Å²) in [6.45, 7) is 13.6. The molecule has 0 amide bonds. The molecule has 0 aliphatic heterocycles. The van der Waals surface area contributed by atoms with Crippen molar-refractivity contribution in [3.63, 3.8) is 0 Å². The van der Waals surface area contributed by atoms with E-state index in [1.54, 1.807) is 6.92 Å². The number of halogens is 1. The van der Waals surface area contributed by atoms with Gasteiger partial charge in [-0.3, -0.25) is 0 Å². The Morgan fingerprint density at radius 2 is 2.04 bits per heavy atom. The number of rotatable bonds is 8. The van der Waals surface area contributed by atoms with Crippen LogP contribution < -0.4 is 4.74 Å². The molecule has 5 heteroatoms. The maximum absolute atomic E-state index is 11.9. The molecule has 1 aromatic rings. The Morgan fingerprint density at radius 1 is 1.39 bits per heavy atom. The van der Waals surface area contributed by atoms with Gasteiger partial charge in [-0.05, 0) is 74.4 Å². The summed E-state index contributed by atoms with van der Waals surface area (Å²) >= 11 is 2.21. The van der Waals surface area contributed by atoms with Gasteiger partial charge >= 0.3 is 5.97 Å². The fourth-order valence-corrected chi connectivity index (χ4v) is 2.64. The van der Waals surface area contributed by atoms with Crippen molar-refractivity contribution in [3.05, 3.63) is 39.5 Å². The van der Waals surface area contributed by atoms with E-state index in [9.17, 15) is 4.79 Å². The SMILES string of the molecule is C=C(C)C(=O)OC(C)(CC)c1ccc(OC(C)OCC)c(I)c1. The minimum atomic E-state index is -0.694. The first-order chi connectivity index (χ1) is 10.7. The second-order valence-corrected chi connectivity index (χ2v) is 6.70. The lowest BCUT2D eigenvalue weighted by molar-refractivity contribution is -0.154. The predicted octanol–water partition coefficient (Wildman–Crippen LogP) is 4.80. The molecule has 0 fully saturated rings. The first-order valence-corrected chi connectivity index (χ1v) is 8.78. The van der Waals surface area contributed by atoms with Crippen LogP contribution in [0.4, 0.5) is 0 Å². The molecular weight excluding hydrogens is 407 g/mol. The molecule has 0 heterocycles. The van der Waals surface area contributed by atoms with Crippen molar-refractivity contribution < 1.29 is 19.0 Å². The van der Waals surface area contributed by atoms with Gasteiger partial charge in [-0.15, -0.1) is 0 Å². The number of benzene rings is 1. The average molecular weight is 432 g/mol. The average Bonchev–Trinajstić information content (AvgIpc) is 2.49. The zero-order chi connectivity index (χ0) is 17.6. The Hall–Kier alpha value is -1.08. The second kappa shape index (κ2) is 8.68. The van der Waals surface area contributed by atoms with Crippen LogP contribution in [-0.2, 0) is 19.9 Å². The molecule has 0 saturated heterocycles. The summed E-state index contributed by atoms with van der Waals surface area (Å²) in [5.74, 6) is 0.370. The van der Waals surface area contributed by atoms with Crippen LogP contribution in [0.5, 0.6) is 5.75 Å². The zero-order valence-electron chi connectivity index (χ0n) is 14.4. The molecule has 2 atom stereocenters. The van der Waals surface area contributed by atoms with Crippen molar-refractivity contribution >= 4 is 28.6 Å². The van der Waals surface area contributed by atoms with Gasteiger partial charge in [0.2, 0.25) is 0 Å². The minimum Gasteiger partial charge on any atom is -0.464 e. The molecule has 1 rings (SSSR count). The molecule has 0 aliphatic rings. The van der Waals surface area contributed by atoms with Gasteiger partial charge in [0.1, 0.15) is 11.4 Å². The van der Waals surface area contributed by atoms with Crippen LogP contribution in [-0.4, -0.2) is 18.9 Å². The Labute approximate surface area is 152 Å². The molecule has 0 bridgehead atoms. The highest BCUT2D eigenvalue weighted by molar-refractivity contribution is 14.1. The van der Waals surface area contributed by atoms with E-state index in [1.165, 1.54) is 0 Å². The summed E-state index contributed by atoms with van der Waals surface area (Å²) in [7, 11) is 0. The van der Waals surface area contributed by atoms with E-state index >= 15 is 0 Å². The fraction of sp³-hybridized carbons (Fsp3) is 0.500. The third-order valence-corrected chi connectivity index (χ3v) is 4.42. The third-order valence-electron chi connectivity index (χ3n) is 3.58. The highest BCUT2D eigenvalue weighted by Gasteiger charge is 2.30. The Bertz CT molecular complexity index is 570. The number of esters is 1. The van der Waals surface area contributed by atoms with Gasteiger partial charge in [-0.25, -0.2) is 4.79 Å². The first kappa shape index (κ1) is 20.0. The van der Waals surface area contributed by atoms with Crippen LogP contribution in [0.15, 0.2) is 30.4 Å². The molecule has 2 unspecified atom stereocenters. The predicted molar refractivity (Wildman–Crippen MR) is 99.4 cm³/mol.